The predicted octanol–water partition coefficient (Wildman–Crippen LogP) is 1.17. The molecule has 5 heteroatoms. The average molecular weight is 284 g/mol. The molecular formula is C15H24O5. The molecule has 2 saturated carbocycles. The number of aliphatic hydroxyl groups is 2. The number of carbonyl (C=O) groups is 1. The molecule has 2 aliphatic carbocycles. The molecule has 114 valence electrons. The van der Waals surface area contributed by atoms with Crippen LogP contribution in [0.4, 0.5) is 0 Å². The Morgan fingerprint density at radius 2 is 2.00 bits per heavy atom. The van der Waals surface area contributed by atoms with Gasteiger partial charge in [-0.3, -0.25) is 0 Å². The molecule has 1 spiro atoms. The van der Waals surface area contributed by atoms with E-state index in [9.17, 15) is 20.1 Å². The summed E-state index contributed by atoms with van der Waals surface area (Å²) in [4.78, 5) is 11.4. The van der Waals surface area contributed by atoms with Crippen LogP contribution in [-0.4, -0.2) is 45.2 Å². The van der Waals surface area contributed by atoms with Gasteiger partial charge in [-0.1, -0.05) is 0 Å². The summed E-state index contributed by atoms with van der Waals surface area (Å²) in [6.07, 6.45) is 2.77. The largest absolute Gasteiger partial charge is 0.479 e. The highest BCUT2D eigenvalue weighted by atomic mass is 16.5. The molecular weight excluding hydrogens is 260 g/mol. The Hall–Kier alpha value is -0.650. The topological polar surface area (TPSA) is 87.0 Å². The highest BCUT2D eigenvalue weighted by Gasteiger charge is 2.63. The second-order valence-corrected chi connectivity index (χ2v) is 7.54. The molecule has 0 radical (unpaired) electrons. The van der Waals surface area contributed by atoms with Crippen LogP contribution in [-0.2, 0) is 9.53 Å². The molecule has 3 fully saturated rings. The monoisotopic (exact) mass is 284 g/mol. The van der Waals surface area contributed by atoms with Gasteiger partial charge >= 0.3 is 5.97 Å². The van der Waals surface area contributed by atoms with Crippen molar-refractivity contribution in [1.82, 2.24) is 0 Å². The van der Waals surface area contributed by atoms with E-state index in [1.54, 1.807) is 0 Å². The van der Waals surface area contributed by atoms with Crippen molar-refractivity contribution in [2.24, 2.45) is 17.3 Å². The van der Waals surface area contributed by atoms with E-state index in [1.807, 2.05) is 13.8 Å². The van der Waals surface area contributed by atoms with Crippen molar-refractivity contribution >= 4 is 5.97 Å². The van der Waals surface area contributed by atoms with E-state index in [4.69, 9.17) is 4.74 Å². The maximum atomic E-state index is 11.4. The minimum absolute atomic E-state index is 0.0464. The fourth-order valence-corrected chi connectivity index (χ4v) is 4.88. The van der Waals surface area contributed by atoms with Gasteiger partial charge in [-0.25, -0.2) is 4.79 Å². The van der Waals surface area contributed by atoms with Gasteiger partial charge in [-0.2, -0.15) is 0 Å². The average Bonchev–Trinajstić information content (AvgIpc) is 2.88. The van der Waals surface area contributed by atoms with Gasteiger partial charge in [-0.05, 0) is 63.2 Å². The maximum Gasteiger partial charge on any atom is 0.338 e. The molecule has 5 atom stereocenters. The Kier molecular flexibility index (Phi) is 2.99. The molecule has 2 bridgehead atoms. The van der Waals surface area contributed by atoms with Gasteiger partial charge in [0, 0.05) is 0 Å². The van der Waals surface area contributed by atoms with Crippen molar-refractivity contribution < 1.29 is 24.9 Å². The highest BCUT2D eigenvalue weighted by Crippen LogP contribution is 2.61. The number of hydrogen-bond acceptors (Lipinski definition) is 4. The molecule has 20 heavy (non-hydrogen) atoms. The summed E-state index contributed by atoms with van der Waals surface area (Å²) in [5.41, 5.74) is -2.58. The minimum Gasteiger partial charge on any atom is -0.479 e. The molecule has 1 saturated heterocycles. The molecule has 0 aromatic rings. The van der Waals surface area contributed by atoms with Crippen molar-refractivity contribution in [2.45, 2.75) is 63.3 Å². The van der Waals surface area contributed by atoms with Gasteiger partial charge < -0.3 is 20.1 Å². The van der Waals surface area contributed by atoms with Crippen LogP contribution in [0.1, 0.15) is 46.0 Å². The summed E-state index contributed by atoms with van der Waals surface area (Å²) in [7, 11) is 0. The minimum atomic E-state index is -1.77. The smallest absolute Gasteiger partial charge is 0.338 e. The van der Waals surface area contributed by atoms with Crippen LogP contribution in [0, 0.1) is 17.3 Å². The van der Waals surface area contributed by atoms with Crippen LogP contribution in [0.15, 0.2) is 0 Å². The second kappa shape index (κ2) is 4.18. The van der Waals surface area contributed by atoms with Crippen molar-refractivity contribution in [3.05, 3.63) is 0 Å². The molecule has 3 aliphatic rings. The van der Waals surface area contributed by atoms with Gasteiger partial charge in [0.05, 0.1) is 18.3 Å². The summed E-state index contributed by atoms with van der Waals surface area (Å²) in [6.45, 7) is 4.18. The zero-order chi connectivity index (χ0) is 14.8. The fraction of sp³-hybridized carbons (Fsp3) is 0.933. The third-order valence-corrected chi connectivity index (χ3v) is 6.04. The van der Waals surface area contributed by atoms with Gasteiger partial charge in [0.1, 0.15) is 0 Å². The number of carboxylic acids is 1. The summed E-state index contributed by atoms with van der Waals surface area (Å²) < 4.78 is 5.69. The molecule has 0 amide bonds. The predicted molar refractivity (Wildman–Crippen MR) is 71.1 cm³/mol. The van der Waals surface area contributed by atoms with E-state index in [-0.39, 0.29) is 23.7 Å². The first-order valence-corrected chi connectivity index (χ1v) is 7.49. The van der Waals surface area contributed by atoms with E-state index in [0.717, 1.165) is 12.8 Å². The highest BCUT2D eigenvalue weighted by molar-refractivity contribution is 5.78. The quantitative estimate of drug-likeness (QED) is 0.708. The molecule has 0 unspecified atom stereocenters. The SMILES string of the molecule is CC(C)(O)[C@@H]1CC[C@]23CO[C@H](C2)[C@@](O)(C(=O)O)CC[C@@H]13. The Labute approximate surface area is 118 Å². The Morgan fingerprint density at radius 1 is 1.30 bits per heavy atom. The van der Waals surface area contributed by atoms with Crippen LogP contribution in [0.3, 0.4) is 0 Å². The molecule has 1 heterocycles. The lowest BCUT2D eigenvalue weighted by Gasteiger charge is -2.37. The van der Waals surface area contributed by atoms with Gasteiger partial charge in [0.15, 0.2) is 5.60 Å². The zero-order valence-electron chi connectivity index (χ0n) is 12.1. The summed E-state index contributed by atoms with van der Waals surface area (Å²) >= 11 is 0. The number of rotatable bonds is 2. The third kappa shape index (κ3) is 1.83. The number of hydrogen-bond donors (Lipinski definition) is 3. The van der Waals surface area contributed by atoms with Crippen molar-refractivity contribution in [1.29, 1.82) is 0 Å². The number of carboxylic acid groups (broad SMARTS) is 1. The number of fused-ring (bicyclic) bond motifs is 1. The molecule has 3 rings (SSSR count). The standard InChI is InChI=1S/C15H24O5/c1-13(2,18)9-3-5-14-7-11(20-8-14)15(19,12(16)17)6-4-10(9)14/h9-11,18-19H,3-8H2,1-2H3,(H,16,17)/t9-,10+,11-,14-,15-/m1/s1. The lowest BCUT2D eigenvalue weighted by molar-refractivity contribution is -0.175. The van der Waals surface area contributed by atoms with Crippen LogP contribution in [0.5, 0.6) is 0 Å². The molecule has 0 aromatic carbocycles. The lowest BCUT2D eigenvalue weighted by Crippen LogP contribution is -2.49. The third-order valence-electron chi connectivity index (χ3n) is 6.04. The first-order valence-electron chi connectivity index (χ1n) is 7.49. The van der Waals surface area contributed by atoms with Crippen molar-refractivity contribution in [3.63, 3.8) is 0 Å². The lowest BCUT2D eigenvalue weighted by atomic mass is 9.70. The van der Waals surface area contributed by atoms with E-state index in [1.165, 1.54) is 0 Å². The summed E-state index contributed by atoms with van der Waals surface area (Å²) in [5, 5.41) is 30.2. The van der Waals surface area contributed by atoms with E-state index in [2.05, 4.69) is 0 Å². The number of ether oxygens (including phenoxy) is 1. The summed E-state index contributed by atoms with van der Waals surface area (Å²) in [5.74, 6) is -0.791. The Bertz CT molecular complexity index is 428. The van der Waals surface area contributed by atoms with Crippen LogP contribution >= 0.6 is 0 Å². The normalized spacial score (nSPS) is 47.9. The van der Waals surface area contributed by atoms with Crippen LogP contribution in [0.2, 0.25) is 0 Å². The van der Waals surface area contributed by atoms with Crippen molar-refractivity contribution in [2.75, 3.05) is 6.61 Å². The number of aliphatic carboxylic acids is 1. The molecule has 3 N–H and O–H groups in total. The zero-order valence-corrected chi connectivity index (χ0v) is 12.1. The maximum absolute atomic E-state index is 11.4. The van der Waals surface area contributed by atoms with Gasteiger partial charge in [0.2, 0.25) is 0 Å². The van der Waals surface area contributed by atoms with E-state index in [0.29, 0.717) is 19.4 Å². The van der Waals surface area contributed by atoms with Crippen LogP contribution in [0.25, 0.3) is 0 Å². The van der Waals surface area contributed by atoms with Crippen molar-refractivity contribution in [3.8, 4) is 0 Å². The first kappa shape index (κ1) is 14.3. The Morgan fingerprint density at radius 3 is 2.60 bits per heavy atom. The van der Waals surface area contributed by atoms with Gasteiger partial charge in [0.25, 0.3) is 0 Å². The molecule has 1 aliphatic heterocycles. The van der Waals surface area contributed by atoms with E-state index >= 15 is 0 Å². The van der Waals surface area contributed by atoms with Gasteiger partial charge in [-0.15, -0.1) is 0 Å². The second-order valence-electron chi connectivity index (χ2n) is 7.54. The fourth-order valence-electron chi connectivity index (χ4n) is 4.88. The molecule has 0 aromatic heterocycles. The summed E-state index contributed by atoms with van der Waals surface area (Å²) in [6, 6.07) is 0. The Balaban J connectivity index is 1.94. The first-order chi connectivity index (χ1) is 9.19. The van der Waals surface area contributed by atoms with E-state index < -0.39 is 23.3 Å². The van der Waals surface area contributed by atoms with Crippen LogP contribution < -0.4 is 0 Å². The molecule has 5 nitrogen and oxygen atoms in total.